The Bertz CT molecular complexity index is 512. The first-order chi connectivity index (χ1) is 9.06. The van der Waals surface area contributed by atoms with Crippen molar-refractivity contribution in [1.29, 1.82) is 0 Å². The molecule has 1 rings (SSSR count). The van der Waals surface area contributed by atoms with Crippen LogP contribution >= 0.6 is 11.3 Å². The van der Waals surface area contributed by atoms with Gasteiger partial charge in [0.2, 0.25) is 10.0 Å². The fourth-order valence-corrected chi connectivity index (χ4v) is 3.46. The van der Waals surface area contributed by atoms with Gasteiger partial charge in [-0.15, -0.1) is 17.3 Å². The molecule has 0 saturated heterocycles. The Labute approximate surface area is 118 Å². The number of unbranched alkanes of at least 4 members (excludes halogenated alkanes) is 3. The highest BCUT2D eigenvalue weighted by atomic mass is 32.2. The maximum atomic E-state index is 11.8. The van der Waals surface area contributed by atoms with E-state index in [0.29, 0.717) is 0 Å². The molecule has 1 aromatic heterocycles. The number of sulfonamides is 1. The van der Waals surface area contributed by atoms with E-state index in [2.05, 4.69) is 23.5 Å². The Morgan fingerprint density at radius 1 is 1.47 bits per heavy atom. The van der Waals surface area contributed by atoms with Crippen molar-refractivity contribution in [2.24, 2.45) is 0 Å². The molecule has 0 amide bonds. The van der Waals surface area contributed by atoms with Crippen molar-refractivity contribution in [3.63, 3.8) is 0 Å². The smallest absolute Gasteiger partial charge is 0.250 e. The fourth-order valence-electron chi connectivity index (χ4n) is 1.38. The topological polar surface area (TPSA) is 66.4 Å². The highest BCUT2D eigenvalue weighted by Crippen LogP contribution is 2.14. The summed E-state index contributed by atoms with van der Waals surface area (Å²) in [4.78, 5) is 0. The lowest BCUT2D eigenvalue weighted by Gasteiger charge is -2.05. The molecule has 19 heavy (non-hydrogen) atoms. The van der Waals surface area contributed by atoms with E-state index >= 15 is 0 Å². The third-order valence-electron chi connectivity index (χ3n) is 2.40. The van der Waals surface area contributed by atoms with Gasteiger partial charge < -0.3 is 5.11 Å². The molecule has 0 aliphatic rings. The van der Waals surface area contributed by atoms with E-state index in [1.165, 1.54) is 6.07 Å². The van der Waals surface area contributed by atoms with Crippen molar-refractivity contribution in [1.82, 2.24) is 4.72 Å². The minimum atomic E-state index is -3.51. The molecule has 0 saturated carbocycles. The molecule has 0 fully saturated rings. The van der Waals surface area contributed by atoms with Crippen LogP contribution in [-0.2, 0) is 10.0 Å². The summed E-state index contributed by atoms with van der Waals surface area (Å²) in [7, 11) is -3.51. The second-order valence-corrected chi connectivity index (χ2v) is 7.02. The molecular weight excluding hydrogens is 282 g/mol. The predicted octanol–water partition coefficient (Wildman–Crippen LogP) is 1.97. The molecule has 0 unspecified atom stereocenters. The number of nitrogens with one attached hydrogen (secondary N) is 1. The van der Waals surface area contributed by atoms with Crippen molar-refractivity contribution in [2.45, 2.75) is 42.9 Å². The van der Waals surface area contributed by atoms with Crippen molar-refractivity contribution in [3.8, 4) is 11.8 Å². The predicted molar refractivity (Wildman–Crippen MR) is 77.4 cm³/mol. The summed E-state index contributed by atoms with van der Waals surface area (Å²) in [5.74, 6) is 5.50. The van der Waals surface area contributed by atoms with Crippen molar-refractivity contribution >= 4 is 21.4 Å². The van der Waals surface area contributed by atoms with Gasteiger partial charge in [-0.25, -0.2) is 13.1 Å². The van der Waals surface area contributed by atoms with Gasteiger partial charge in [0.05, 0.1) is 0 Å². The zero-order chi connectivity index (χ0) is 14.1. The summed E-state index contributed by atoms with van der Waals surface area (Å²) < 4.78 is 26.1. The standard InChI is InChI=1S/C13H19NO3S2/c1-2-3-4-5-6-8-12(15)11-14-19(16,17)13-9-7-10-18-13/h7,9-10,12,14-15H,2-5,11H2,1H3/t12-/m1/s1. The zero-order valence-corrected chi connectivity index (χ0v) is 12.6. The maximum absolute atomic E-state index is 11.8. The van der Waals surface area contributed by atoms with Crippen LogP contribution in [0.25, 0.3) is 0 Å². The Hall–Kier alpha value is -0.870. The third kappa shape index (κ3) is 6.21. The fraction of sp³-hybridized carbons (Fsp3) is 0.538. The number of rotatable bonds is 7. The largest absolute Gasteiger partial charge is 0.379 e. The average molecular weight is 301 g/mol. The van der Waals surface area contributed by atoms with Crippen LogP contribution in [0.4, 0.5) is 0 Å². The van der Waals surface area contributed by atoms with Gasteiger partial charge in [0.1, 0.15) is 10.3 Å². The second kappa shape index (κ2) is 8.33. The molecule has 0 spiro atoms. The van der Waals surface area contributed by atoms with E-state index in [9.17, 15) is 13.5 Å². The van der Waals surface area contributed by atoms with Crippen LogP contribution in [0.1, 0.15) is 32.6 Å². The van der Waals surface area contributed by atoms with Crippen LogP contribution in [0, 0.1) is 11.8 Å². The lowest BCUT2D eigenvalue weighted by molar-refractivity contribution is 0.235. The van der Waals surface area contributed by atoms with E-state index in [0.717, 1.165) is 37.0 Å². The summed E-state index contributed by atoms with van der Waals surface area (Å²) >= 11 is 1.14. The molecule has 4 nitrogen and oxygen atoms in total. The SMILES string of the molecule is CCCCCC#C[C@@H](O)CNS(=O)(=O)c1cccs1. The highest BCUT2D eigenvalue weighted by Gasteiger charge is 2.15. The molecule has 6 heteroatoms. The number of thiophene rings is 1. The molecule has 0 bridgehead atoms. The Morgan fingerprint density at radius 3 is 2.89 bits per heavy atom. The van der Waals surface area contributed by atoms with E-state index in [1.807, 2.05) is 0 Å². The minimum Gasteiger partial charge on any atom is -0.379 e. The van der Waals surface area contributed by atoms with Crippen molar-refractivity contribution in [2.75, 3.05) is 6.54 Å². The van der Waals surface area contributed by atoms with Gasteiger partial charge in [-0.3, -0.25) is 0 Å². The summed E-state index contributed by atoms with van der Waals surface area (Å²) in [6.07, 6.45) is 3.04. The zero-order valence-electron chi connectivity index (χ0n) is 10.9. The van der Waals surface area contributed by atoms with Gasteiger partial charge >= 0.3 is 0 Å². The van der Waals surface area contributed by atoms with Crippen molar-refractivity contribution in [3.05, 3.63) is 17.5 Å². The van der Waals surface area contributed by atoms with Crippen LogP contribution in [0.15, 0.2) is 21.7 Å². The Kier molecular flexibility index (Phi) is 7.10. The lowest BCUT2D eigenvalue weighted by Crippen LogP contribution is -2.31. The maximum Gasteiger partial charge on any atom is 0.250 e. The minimum absolute atomic E-state index is 0.0823. The normalized spacial score (nSPS) is 12.7. The van der Waals surface area contributed by atoms with Gasteiger partial charge in [0.25, 0.3) is 0 Å². The molecule has 0 aliphatic heterocycles. The number of hydrogen-bond acceptors (Lipinski definition) is 4. The summed E-state index contributed by atoms with van der Waals surface area (Å²) in [5.41, 5.74) is 0. The highest BCUT2D eigenvalue weighted by molar-refractivity contribution is 7.91. The first-order valence-corrected chi connectivity index (χ1v) is 8.62. The summed E-state index contributed by atoms with van der Waals surface area (Å²) in [5, 5.41) is 11.3. The summed E-state index contributed by atoms with van der Waals surface area (Å²) in [6.45, 7) is 2.03. The Morgan fingerprint density at radius 2 is 2.26 bits per heavy atom. The number of aliphatic hydroxyl groups excluding tert-OH is 1. The van der Waals surface area contributed by atoms with Crippen LogP contribution in [-0.4, -0.2) is 26.2 Å². The molecule has 1 atom stereocenters. The van der Waals surface area contributed by atoms with Crippen molar-refractivity contribution < 1.29 is 13.5 Å². The molecule has 0 aromatic carbocycles. The quantitative estimate of drug-likeness (QED) is 0.598. The third-order valence-corrected chi connectivity index (χ3v) is 5.22. The lowest BCUT2D eigenvalue weighted by atomic mass is 10.2. The molecule has 0 radical (unpaired) electrons. The van der Waals surface area contributed by atoms with Crippen LogP contribution < -0.4 is 4.72 Å². The molecule has 2 N–H and O–H groups in total. The van der Waals surface area contributed by atoms with E-state index in [-0.39, 0.29) is 10.8 Å². The van der Waals surface area contributed by atoms with E-state index in [4.69, 9.17) is 0 Å². The molecule has 106 valence electrons. The van der Waals surface area contributed by atoms with Gasteiger partial charge in [-0.05, 0) is 17.9 Å². The van der Waals surface area contributed by atoms with Crippen LogP contribution in [0.2, 0.25) is 0 Å². The second-order valence-electron chi connectivity index (χ2n) is 4.08. The number of hydrogen-bond donors (Lipinski definition) is 2. The molecule has 0 aliphatic carbocycles. The first-order valence-electron chi connectivity index (χ1n) is 6.26. The monoisotopic (exact) mass is 301 g/mol. The number of aliphatic hydroxyl groups is 1. The van der Waals surface area contributed by atoms with Gasteiger partial charge in [0, 0.05) is 13.0 Å². The van der Waals surface area contributed by atoms with Gasteiger partial charge in [0.15, 0.2) is 0 Å². The van der Waals surface area contributed by atoms with Crippen LogP contribution in [0.5, 0.6) is 0 Å². The molecule has 1 heterocycles. The average Bonchev–Trinajstić information content (AvgIpc) is 2.91. The van der Waals surface area contributed by atoms with E-state index < -0.39 is 16.1 Å². The van der Waals surface area contributed by atoms with Gasteiger partial charge in [-0.1, -0.05) is 31.8 Å². The molecular formula is C13H19NO3S2. The Balaban J connectivity index is 2.36. The first kappa shape index (κ1) is 16.2. The summed E-state index contributed by atoms with van der Waals surface area (Å²) in [6, 6.07) is 3.19. The van der Waals surface area contributed by atoms with Crippen LogP contribution in [0.3, 0.4) is 0 Å². The molecule has 1 aromatic rings. The van der Waals surface area contributed by atoms with E-state index in [1.54, 1.807) is 11.4 Å². The van der Waals surface area contributed by atoms with Gasteiger partial charge in [-0.2, -0.15) is 0 Å².